The molecule has 0 spiro atoms. The van der Waals surface area contributed by atoms with Crippen LogP contribution in [0.5, 0.6) is 0 Å². The van der Waals surface area contributed by atoms with Crippen LogP contribution in [0.3, 0.4) is 0 Å². The summed E-state index contributed by atoms with van der Waals surface area (Å²) >= 11 is 0. The molecule has 4 rings (SSSR count). The molecule has 0 aromatic heterocycles. The zero-order valence-corrected chi connectivity index (χ0v) is 15.9. The standard InChI is InChI=1S/C19H32NO3P/c1-18-9-7-13(23-24(20)22)11-12(18)3-4-14-15-5-6-17(21)19(15,2)10-8-16(14)18/h12-16,22H,3-11,20H2,1-2H3/t12?,13-,14-,15-,16-,18-,19-,24?/m0/s1. The Morgan fingerprint density at radius 3 is 2.67 bits per heavy atom. The third-order valence-corrected chi connectivity index (χ3v) is 9.10. The van der Waals surface area contributed by atoms with E-state index in [9.17, 15) is 9.69 Å². The molecule has 0 saturated heterocycles. The smallest absolute Gasteiger partial charge is 0.250 e. The summed E-state index contributed by atoms with van der Waals surface area (Å²) in [5, 5.41) is 0. The molecule has 0 amide bonds. The van der Waals surface area contributed by atoms with Crippen LogP contribution in [0, 0.1) is 34.5 Å². The average Bonchev–Trinajstić information content (AvgIpc) is 2.83. The maximum Gasteiger partial charge on any atom is 0.250 e. The fraction of sp³-hybridized carbons (Fsp3) is 0.947. The summed E-state index contributed by atoms with van der Waals surface area (Å²) in [7, 11) is -1.74. The second-order valence-electron chi connectivity index (χ2n) is 9.38. The molecule has 0 bridgehead atoms. The maximum atomic E-state index is 12.5. The van der Waals surface area contributed by atoms with Crippen molar-refractivity contribution in [2.75, 3.05) is 0 Å². The van der Waals surface area contributed by atoms with E-state index in [1.807, 2.05) is 0 Å². The van der Waals surface area contributed by atoms with Gasteiger partial charge in [0, 0.05) is 11.8 Å². The Morgan fingerprint density at radius 2 is 1.92 bits per heavy atom. The highest BCUT2D eigenvalue weighted by Gasteiger charge is 2.60. The van der Waals surface area contributed by atoms with Gasteiger partial charge in [0.15, 0.2) is 0 Å². The Bertz CT molecular complexity index is 527. The quantitative estimate of drug-likeness (QED) is 0.731. The van der Waals surface area contributed by atoms with Crippen LogP contribution in [0.4, 0.5) is 0 Å². The summed E-state index contributed by atoms with van der Waals surface area (Å²) in [4.78, 5) is 21.9. The Morgan fingerprint density at radius 1 is 1.12 bits per heavy atom. The lowest BCUT2D eigenvalue weighted by Gasteiger charge is -2.60. The lowest BCUT2D eigenvalue weighted by Crippen LogP contribution is -2.54. The molecule has 4 saturated carbocycles. The van der Waals surface area contributed by atoms with Gasteiger partial charge in [-0.2, -0.15) is 0 Å². The van der Waals surface area contributed by atoms with Gasteiger partial charge in [0.25, 0.3) is 0 Å². The van der Waals surface area contributed by atoms with Gasteiger partial charge in [-0.15, -0.1) is 0 Å². The van der Waals surface area contributed by atoms with Crippen molar-refractivity contribution in [3.63, 3.8) is 0 Å². The average molecular weight is 353 g/mol. The minimum Gasteiger partial charge on any atom is -0.338 e. The van der Waals surface area contributed by atoms with Crippen LogP contribution in [0.25, 0.3) is 0 Å². The van der Waals surface area contributed by atoms with Crippen molar-refractivity contribution < 1.29 is 14.2 Å². The van der Waals surface area contributed by atoms with Gasteiger partial charge >= 0.3 is 0 Å². The molecule has 4 nitrogen and oxygen atoms in total. The van der Waals surface area contributed by atoms with Crippen LogP contribution >= 0.6 is 8.53 Å². The van der Waals surface area contributed by atoms with Crippen molar-refractivity contribution in [2.45, 2.75) is 77.7 Å². The summed E-state index contributed by atoms with van der Waals surface area (Å²) in [5.74, 6) is 3.38. The highest BCUT2D eigenvalue weighted by Crippen LogP contribution is 2.65. The molecule has 2 unspecified atom stereocenters. The lowest BCUT2D eigenvalue weighted by atomic mass is 9.45. The van der Waals surface area contributed by atoms with Crippen LogP contribution in [0.15, 0.2) is 0 Å². The molecule has 4 aliphatic rings. The zero-order valence-electron chi connectivity index (χ0n) is 15.0. The Hall–Kier alpha value is -0.0200. The molecule has 0 radical (unpaired) electrons. The van der Waals surface area contributed by atoms with E-state index in [0.29, 0.717) is 23.0 Å². The first kappa shape index (κ1) is 17.4. The molecule has 24 heavy (non-hydrogen) atoms. The number of hydrogen-bond donors (Lipinski definition) is 2. The van der Waals surface area contributed by atoms with E-state index in [1.165, 1.54) is 25.7 Å². The number of carbonyl (C=O) groups is 1. The number of rotatable bonds is 2. The Balaban J connectivity index is 1.53. The van der Waals surface area contributed by atoms with Crippen LogP contribution in [0.2, 0.25) is 0 Å². The minimum absolute atomic E-state index is 0.0169. The summed E-state index contributed by atoms with van der Waals surface area (Å²) in [6.45, 7) is 4.77. The molecular weight excluding hydrogens is 321 g/mol. The minimum atomic E-state index is -1.74. The lowest BCUT2D eigenvalue weighted by molar-refractivity contribution is -0.141. The van der Waals surface area contributed by atoms with Gasteiger partial charge in [0.2, 0.25) is 8.53 Å². The van der Waals surface area contributed by atoms with Gasteiger partial charge in [-0.3, -0.25) is 10.3 Å². The van der Waals surface area contributed by atoms with Crippen molar-refractivity contribution >= 4 is 14.3 Å². The van der Waals surface area contributed by atoms with E-state index in [1.54, 1.807) is 0 Å². The van der Waals surface area contributed by atoms with Gasteiger partial charge in [-0.1, -0.05) is 13.8 Å². The van der Waals surface area contributed by atoms with E-state index in [-0.39, 0.29) is 11.5 Å². The van der Waals surface area contributed by atoms with E-state index in [2.05, 4.69) is 13.8 Å². The highest BCUT2D eigenvalue weighted by molar-refractivity contribution is 7.43. The summed E-state index contributed by atoms with van der Waals surface area (Å²) in [6.07, 6.45) is 10.2. The van der Waals surface area contributed by atoms with Gasteiger partial charge in [0.1, 0.15) is 5.78 Å². The second kappa shape index (κ2) is 6.01. The van der Waals surface area contributed by atoms with Crippen molar-refractivity contribution in [1.29, 1.82) is 0 Å². The SMILES string of the molecule is C[C@]12CC[C@H](OP(N)O)CC1CC[C@@H]1[C@@H]2CC[C@]2(C)C(=O)CC[C@@H]12. The molecule has 0 aliphatic heterocycles. The number of ketones is 1. The summed E-state index contributed by atoms with van der Waals surface area (Å²) < 4.78 is 5.57. The molecular formula is C19H32NO3P. The predicted molar refractivity (Wildman–Crippen MR) is 94.9 cm³/mol. The second-order valence-corrected chi connectivity index (χ2v) is 10.2. The number of hydrogen-bond acceptors (Lipinski definition) is 4. The molecule has 0 heterocycles. The number of fused-ring (bicyclic) bond motifs is 5. The maximum absolute atomic E-state index is 12.5. The van der Waals surface area contributed by atoms with E-state index in [4.69, 9.17) is 10.0 Å². The van der Waals surface area contributed by atoms with Crippen molar-refractivity contribution in [3.05, 3.63) is 0 Å². The van der Waals surface area contributed by atoms with Crippen LogP contribution in [-0.4, -0.2) is 16.8 Å². The van der Waals surface area contributed by atoms with Crippen molar-refractivity contribution in [2.24, 2.45) is 40.0 Å². The first-order valence-corrected chi connectivity index (χ1v) is 11.1. The molecule has 4 aliphatic carbocycles. The van der Waals surface area contributed by atoms with Crippen molar-refractivity contribution in [3.8, 4) is 0 Å². The van der Waals surface area contributed by atoms with E-state index in [0.717, 1.165) is 43.9 Å². The number of Topliss-reactive ketones (excluding diaryl/α,β-unsaturated/α-hetero) is 1. The van der Waals surface area contributed by atoms with Crippen LogP contribution < -0.4 is 5.50 Å². The normalized spacial score (nSPS) is 52.3. The van der Waals surface area contributed by atoms with Gasteiger partial charge < -0.3 is 9.42 Å². The molecule has 4 fully saturated rings. The molecule has 3 N–H and O–H groups in total. The predicted octanol–water partition coefficient (Wildman–Crippen LogP) is 4.16. The van der Waals surface area contributed by atoms with E-state index >= 15 is 0 Å². The fourth-order valence-electron chi connectivity index (χ4n) is 7.24. The van der Waals surface area contributed by atoms with Gasteiger partial charge in [-0.25, -0.2) is 0 Å². The third-order valence-electron chi connectivity index (χ3n) is 8.58. The molecule has 0 aromatic rings. The summed E-state index contributed by atoms with van der Waals surface area (Å²) in [6, 6.07) is 0. The van der Waals surface area contributed by atoms with E-state index < -0.39 is 8.53 Å². The first-order chi connectivity index (χ1) is 11.3. The fourth-order valence-corrected chi connectivity index (χ4v) is 7.74. The van der Waals surface area contributed by atoms with Gasteiger partial charge in [0.05, 0.1) is 6.10 Å². The molecule has 136 valence electrons. The highest BCUT2D eigenvalue weighted by atomic mass is 31.2. The number of nitrogens with two attached hydrogens (primary N) is 1. The topological polar surface area (TPSA) is 72.6 Å². The molecule has 8 atom stereocenters. The van der Waals surface area contributed by atoms with Crippen LogP contribution in [0.1, 0.15) is 71.6 Å². The molecule has 0 aromatic carbocycles. The zero-order chi connectivity index (χ0) is 17.1. The molecule has 5 heteroatoms. The van der Waals surface area contributed by atoms with Gasteiger partial charge in [-0.05, 0) is 80.5 Å². The van der Waals surface area contributed by atoms with Crippen molar-refractivity contribution in [1.82, 2.24) is 0 Å². The van der Waals surface area contributed by atoms with Crippen LogP contribution in [-0.2, 0) is 9.32 Å². The Kier molecular flexibility index (Phi) is 4.36. The monoisotopic (exact) mass is 353 g/mol. The Labute approximate surface area is 146 Å². The number of carbonyl (C=O) groups excluding carboxylic acids is 1. The largest absolute Gasteiger partial charge is 0.338 e. The third kappa shape index (κ3) is 2.52. The summed E-state index contributed by atoms with van der Waals surface area (Å²) in [5.41, 5.74) is 5.86. The first-order valence-electron chi connectivity index (χ1n) is 9.78.